The van der Waals surface area contributed by atoms with Crippen LogP contribution in [0.4, 0.5) is 13.2 Å². The van der Waals surface area contributed by atoms with E-state index in [1.807, 2.05) is 36.7 Å². The maximum Gasteiger partial charge on any atom is 0.337 e. The van der Waals surface area contributed by atoms with Crippen molar-refractivity contribution in [3.63, 3.8) is 0 Å². The Morgan fingerprint density at radius 3 is 2.22 bits per heavy atom. The summed E-state index contributed by atoms with van der Waals surface area (Å²) in [6.07, 6.45) is 11.4. The molecule has 10 rings (SSSR count). The van der Waals surface area contributed by atoms with Crippen molar-refractivity contribution in [1.29, 1.82) is 0 Å². The summed E-state index contributed by atoms with van der Waals surface area (Å²) >= 11 is 0. The Balaban J connectivity index is 0.924. The van der Waals surface area contributed by atoms with E-state index in [9.17, 15) is 22.8 Å². The lowest BCUT2D eigenvalue weighted by Gasteiger charge is -2.37. The quantitative estimate of drug-likeness (QED) is 0.133. The molecule has 15 heteroatoms. The van der Waals surface area contributed by atoms with Crippen molar-refractivity contribution in [3.05, 3.63) is 165 Å². The van der Waals surface area contributed by atoms with Gasteiger partial charge in [-0.1, -0.05) is 36.4 Å². The maximum atomic E-state index is 14.8. The van der Waals surface area contributed by atoms with Crippen LogP contribution in [0.3, 0.4) is 0 Å². The highest BCUT2D eigenvalue weighted by atomic mass is 19.1. The molecule has 12 nitrogen and oxygen atoms in total. The number of fused-ring (bicyclic) bond motifs is 3. The molecule has 0 spiro atoms. The molecule has 8 aromatic rings. The zero-order valence-electron chi connectivity index (χ0n) is 34.6. The Morgan fingerprint density at radius 1 is 0.730 bits per heavy atom. The van der Waals surface area contributed by atoms with E-state index >= 15 is 0 Å². The molecule has 0 N–H and O–H groups in total. The molecule has 1 aliphatic carbocycles. The van der Waals surface area contributed by atoms with Crippen LogP contribution in [0.25, 0.3) is 39.1 Å². The average Bonchev–Trinajstić information content (AvgIpc) is 3.79. The molecular formula is C48H46F3N9O3. The molecule has 0 atom stereocenters. The molecular weight excluding hydrogens is 808 g/mol. The first-order valence-electron chi connectivity index (χ1n) is 21.6. The molecule has 1 saturated heterocycles. The van der Waals surface area contributed by atoms with Crippen molar-refractivity contribution in [2.45, 2.75) is 63.7 Å². The highest BCUT2D eigenvalue weighted by Crippen LogP contribution is 2.32. The number of hydrogen-bond acceptors (Lipinski definition) is 8. The van der Waals surface area contributed by atoms with Gasteiger partial charge in [0.2, 0.25) is 0 Å². The predicted molar refractivity (Wildman–Crippen MR) is 233 cm³/mol. The molecule has 0 unspecified atom stereocenters. The first-order valence-corrected chi connectivity index (χ1v) is 21.6. The number of pyridine rings is 3. The molecule has 63 heavy (non-hydrogen) atoms. The van der Waals surface area contributed by atoms with Gasteiger partial charge in [-0.15, -0.1) is 0 Å². The molecule has 6 aromatic heterocycles. The molecule has 2 fully saturated rings. The summed E-state index contributed by atoms with van der Waals surface area (Å²) in [4.78, 5) is 47.4. The molecule has 0 bridgehead atoms. The van der Waals surface area contributed by atoms with Gasteiger partial charge in [0.1, 0.15) is 28.7 Å². The van der Waals surface area contributed by atoms with Gasteiger partial charge in [0.15, 0.2) is 5.65 Å². The number of ether oxygens (including phenoxy) is 1. The number of nitrogens with zero attached hydrogens (tertiary/aromatic N) is 9. The van der Waals surface area contributed by atoms with Gasteiger partial charge in [-0.2, -0.15) is 0 Å². The lowest BCUT2D eigenvalue weighted by atomic mass is 9.89. The lowest BCUT2D eigenvalue weighted by molar-refractivity contribution is 0.128. The smallest absolute Gasteiger partial charge is 0.337 e. The molecule has 0 amide bonds. The van der Waals surface area contributed by atoms with Crippen LogP contribution >= 0.6 is 0 Å². The summed E-state index contributed by atoms with van der Waals surface area (Å²) in [7, 11) is 0. The first kappa shape index (κ1) is 40.6. The van der Waals surface area contributed by atoms with Gasteiger partial charge in [-0.3, -0.25) is 19.2 Å². The zero-order chi connectivity index (χ0) is 43.0. The fourth-order valence-electron chi connectivity index (χ4n) is 9.35. The topological polar surface area (TPSA) is 107 Å². The van der Waals surface area contributed by atoms with Gasteiger partial charge in [-0.05, 0) is 91.3 Å². The summed E-state index contributed by atoms with van der Waals surface area (Å²) < 4.78 is 54.6. The first-order chi connectivity index (χ1) is 30.7. The summed E-state index contributed by atoms with van der Waals surface area (Å²) in [6, 6.07) is 22.8. The third kappa shape index (κ3) is 8.55. The van der Waals surface area contributed by atoms with Crippen LogP contribution in [0.15, 0.2) is 119 Å². The number of rotatable bonds is 11. The van der Waals surface area contributed by atoms with Gasteiger partial charge in [0.25, 0.3) is 5.56 Å². The molecule has 2 aromatic carbocycles. The number of hydrogen-bond donors (Lipinski definition) is 0. The minimum Gasteiger partial charge on any atom is -0.380 e. The van der Waals surface area contributed by atoms with E-state index in [0.29, 0.717) is 62.2 Å². The molecule has 7 heterocycles. The predicted octanol–water partition coefficient (Wildman–Crippen LogP) is 7.38. The number of aromatic nitrogens is 7. The van der Waals surface area contributed by atoms with Crippen LogP contribution < -0.4 is 11.2 Å². The Morgan fingerprint density at radius 2 is 1.46 bits per heavy atom. The molecule has 1 saturated carbocycles. The van der Waals surface area contributed by atoms with Crippen LogP contribution in [-0.4, -0.2) is 81.6 Å². The third-order valence-corrected chi connectivity index (χ3v) is 12.5. The Bertz CT molecular complexity index is 3050. The summed E-state index contributed by atoms with van der Waals surface area (Å²) in [5.74, 6) is -1.38. The van der Waals surface area contributed by atoms with Crippen LogP contribution in [0.1, 0.15) is 55.1 Å². The van der Waals surface area contributed by atoms with E-state index in [1.165, 1.54) is 39.2 Å². The van der Waals surface area contributed by atoms with Gasteiger partial charge in [0.05, 0.1) is 35.3 Å². The lowest BCUT2D eigenvalue weighted by Crippen LogP contribution is -2.45. The summed E-state index contributed by atoms with van der Waals surface area (Å²) in [6.45, 7) is 5.34. The number of benzene rings is 2. The molecule has 1 aliphatic heterocycles. The summed E-state index contributed by atoms with van der Waals surface area (Å²) in [5.41, 5.74) is 5.43. The van der Waals surface area contributed by atoms with Crippen LogP contribution in [0, 0.1) is 17.5 Å². The van der Waals surface area contributed by atoms with Gasteiger partial charge >= 0.3 is 5.69 Å². The highest BCUT2D eigenvalue weighted by molar-refractivity contribution is 5.76. The van der Waals surface area contributed by atoms with Gasteiger partial charge in [-0.25, -0.2) is 37.5 Å². The SMILES string of the molecule is O=c1c2cc(F)cnc2n(-c2cccc(-c3ccc(CN4CCCOCC4)cc3)c2)c(=O)n1C1CCC(N(CCc2cn3cc(F)ccc3n2)Cc2cn3cc(F)ccc3n2)CC1. The Labute approximate surface area is 360 Å². The van der Waals surface area contributed by atoms with Crippen LogP contribution in [0.5, 0.6) is 0 Å². The standard InChI is InChI=1S/C48H46F3N9O3/c49-35-9-15-44-53-38(29-57(44)27-35)17-19-56(30-39-31-58-28-36(50)10-16-45(58)54-39)40-11-13-41(14-12-40)60-47(61)43-24-37(51)25-52-46(43)59(48(60)62)42-4-1-3-34(23-42)33-7-5-32(6-8-33)26-55-18-2-21-63-22-20-55/h1,3-10,15-16,23-25,27-29,31,40-41H,2,11-14,17-22,26,30H2. The van der Waals surface area contributed by atoms with Gasteiger partial charge < -0.3 is 13.5 Å². The monoisotopic (exact) mass is 853 g/mol. The van der Waals surface area contributed by atoms with Crippen molar-refractivity contribution < 1.29 is 17.9 Å². The van der Waals surface area contributed by atoms with Crippen LogP contribution in [-0.2, 0) is 24.2 Å². The van der Waals surface area contributed by atoms with Crippen molar-refractivity contribution in [1.82, 2.24) is 42.7 Å². The van der Waals surface area contributed by atoms with Crippen LogP contribution in [0.2, 0.25) is 0 Å². The third-order valence-electron chi connectivity index (χ3n) is 12.5. The minimum absolute atomic E-state index is 0.0302. The fraction of sp³-hybridized carbons (Fsp3) is 0.312. The Hall–Kier alpha value is -6.42. The van der Waals surface area contributed by atoms with Crippen molar-refractivity contribution in [2.24, 2.45) is 0 Å². The molecule has 2 aliphatic rings. The normalized spacial score (nSPS) is 17.6. The van der Waals surface area contributed by atoms with Gasteiger partial charge in [0, 0.05) is 82.6 Å². The largest absolute Gasteiger partial charge is 0.380 e. The zero-order valence-corrected chi connectivity index (χ0v) is 34.6. The summed E-state index contributed by atoms with van der Waals surface area (Å²) in [5, 5.41) is 0.0302. The second kappa shape index (κ2) is 17.4. The molecule has 322 valence electrons. The van der Waals surface area contributed by atoms with E-state index in [1.54, 1.807) is 20.9 Å². The number of imidazole rings is 2. The second-order valence-electron chi connectivity index (χ2n) is 16.7. The van der Waals surface area contributed by atoms with E-state index in [4.69, 9.17) is 14.7 Å². The van der Waals surface area contributed by atoms with Crippen molar-refractivity contribution >= 4 is 22.3 Å². The number of halogens is 3. The van der Waals surface area contributed by atoms with E-state index < -0.39 is 23.1 Å². The van der Waals surface area contributed by atoms with Crippen molar-refractivity contribution in [2.75, 3.05) is 32.8 Å². The Kier molecular flexibility index (Phi) is 11.2. The maximum absolute atomic E-state index is 14.8. The van der Waals surface area contributed by atoms with Crippen molar-refractivity contribution in [3.8, 4) is 16.8 Å². The highest BCUT2D eigenvalue weighted by Gasteiger charge is 2.31. The van der Waals surface area contributed by atoms with E-state index in [-0.39, 0.29) is 28.7 Å². The second-order valence-corrected chi connectivity index (χ2v) is 16.7. The fourth-order valence-corrected chi connectivity index (χ4v) is 9.35. The average molecular weight is 854 g/mol. The van der Waals surface area contributed by atoms with E-state index in [0.717, 1.165) is 74.0 Å². The minimum atomic E-state index is -0.664. The van der Waals surface area contributed by atoms with E-state index in [2.05, 4.69) is 39.0 Å². The molecule has 0 radical (unpaired) electrons.